The Morgan fingerprint density at radius 3 is 1.19 bits per heavy atom. The normalized spacial score (nSPS) is 15.8. The number of halogens is 4. The van der Waals surface area contributed by atoms with Crippen molar-refractivity contribution in [1.82, 2.24) is 0 Å². The van der Waals surface area contributed by atoms with Gasteiger partial charge in [-0.25, -0.2) is 6.07 Å². The Morgan fingerprint density at radius 2 is 1.12 bits per heavy atom. The third-order valence-corrected chi connectivity index (χ3v) is 5.74. The van der Waals surface area contributed by atoms with Gasteiger partial charge in [0.05, 0.1) is 0 Å². The van der Waals surface area contributed by atoms with Gasteiger partial charge in [-0.05, 0) is 38.8 Å². The molecule has 0 bridgehead atoms. The molecule has 1 aliphatic carbocycles. The molecule has 0 saturated heterocycles. The van der Waals surface area contributed by atoms with Crippen LogP contribution in [0.5, 0.6) is 0 Å². The summed E-state index contributed by atoms with van der Waals surface area (Å²) in [4.78, 5) is 0. The van der Waals surface area contributed by atoms with Crippen LogP contribution in [-0.2, 0) is 17.1 Å². The minimum absolute atomic E-state index is 0. The van der Waals surface area contributed by atoms with Gasteiger partial charge < -0.3 is 17.3 Å². The zero-order valence-electron chi connectivity index (χ0n) is 17.5. The predicted molar refractivity (Wildman–Crippen MR) is 102 cm³/mol. The van der Waals surface area contributed by atoms with E-state index < -0.39 is 7.25 Å². The molecular weight excluding hydrogens is 383 g/mol. The fourth-order valence-electron chi connectivity index (χ4n) is 2.91. The van der Waals surface area contributed by atoms with Crippen LogP contribution < -0.4 is 0 Å². The van der Waals surface area contributed by atoms with E-state index in [9.17, 15) is 17.3 Å². The van der Waals surface area contributed by atoms with Crippen LogP contribution >= 0.6 is 0 Å². The van der Waals surface area contributed by atoms with E-state index >= 15 is 0 Å². The number of aryl methyl sites for hydroxylation is 2. The Kier molecular flexibility index (Phi) is 10.4. The largest absolute Gasteiger partial charge is 2.00 e. The Labute approximate surface area is 167 Å². The SMILES string of the molecule is CC1=C(C)C(C)(C)C(C)=C1C.Cc1cc(C)[c-](C)c1C.F[B-](F)(F)F.[Fe+2]. The maximum absolute atomic E-state index is 9.75. The van der Waals surface area contributed by atoms with Crippen molar-refractivity contribution in [2.45, 2.75) is 69.2 Å². The molecule has 2 rings (SSSR count). The second-order valence-corrected chi connectivity index (χ2v) is 7.38. The molecule has 0 aromatic heterocycles. The topological polar surface area (TPSA) is 0 Å². The number of hydrogen-bond acceptors (Lipinski definition) is 0. The molecule has 0 unspecified atom stereocenters. The Bertz CT molecular complexity index is 622. The Morgan fingerprint density at radius 1 is 0.808 bits per heavy atom. The van der Waals surface area contributed by atoms with E-state index in [-0.39, 0.29) is 17.1 Å². The standard InChI is InChI=1S/C11H18.C9H13.BF4.Fe/c1-7-8(2)10(4)11(5,6)9(7)3;1-6-5-7(2)9(4)8(6)3;2-1(3,4)5;/h1-6H3;5H,1-4H3;;/q;2*-1;+2. The fourth-order valence-corrected chi connectivity index (χ4v) is 2.91. The molecule has 0 saturated carbocycles. The summed E-state index contributed by atoms with van der Waals surface area (Å²) in [5, 5.41) is 0. The van der Waals surface area contributed by atoms with Crippen LogP contribution in [0.25, 0.3) is 0 Å². The van der Waals surface area contributed by atoms with Gasteiger partial charge in [-0.1, -0.05) is 52.7 Å². The summed E-state index contributed by atoms with van der Waals surface area (Å²) in [7, 11) is -6.00. The molecule has 150 valence electrons. The molecule has 0 radical (unpaired) electrons. The van der Waals surface area contributed by atoms with Gasteiger partial charge in [0, 0.05) is 5.41 Å². The van der Waals surface area contributed by atoms with Gasteiger partial charge in [0.15, 0.2) is 0 Å². The van der Waals surface area contributed by atoms with Crippen LogP contribution in [0.15, 0.2) is 28.4 Å². The van der Waals surface area contributed by atoms with E-state index in [1.165, 1.54) is 44.5 Å². The average molecular weight is 414 g/mol. The van der Waals surface area contributed by atoms with E-state index in [1.807, 2.05) is 0 Å². The van der Waals surface area contributed by atoms with Gasteiger partial charge >= 0.3 is 24.3 Å². The van der Waals surface area contributed by atoms with Gasteiger partial charge in [0.25, 0.3) is 0 Å². The van der Waals surface area contributed by atoms with Crippen molar-refractivity contribution in [2.24, 2.45) is 5.41 Å². The molecule has 0 heterocycles. The quantitative estimate of drug-likeness (QED) is 0.233. The summed E-state index contributed by atoms with van der Waals surface area (Å²) in [6.07, 6.45) is 0. The van der Waals surface area contributed by atoms with Gasteiger partial charge in [-0.2, -0.15) is 22.3 Å². The van der Waals surface area contributed by atoms with Crippen LogP contribution in [0.3, 0.4) is 0 Å². The minimum atomic E-state index is -6.00. The maximum atomic E-state index is 9.75. The summed E-state index contributed by atoms with van der Waals surface area (Å²) < 4.78 is 39.0. The first-order valence-corrected chi connectivity index (χ1v) is 8.45. The molecule has 6 heteroatoms. The van der Waals surface area contributed by atoms with Gasteiger partial charge in [-0.15, -0.1) is 0 Å². The van der Waals surface area contributed by atoms with Gasteiger partial charge in [0.2, 0.25) is 0 Å². The van der Waals surface area contributed by atoms with Crippen LogP contribution in [0.2, 0.25) is 0 Å². The first-order chi connectivity index (χ1) is 11.0. The van der Waals surface area contributed by atoms with Gasteiger partial charge in [0.1, 0.15) is 0 Å². The predicted octanol–water partition coefficient (Wildman–Crippen LogP) is 7.64. The second-order valence-electron chi connectivity index (χ2n) is 7.38. The third-order valence-electron chi connectivity index (χ3n) is 5.74. The van der Waals surface area contributed by atoms with E-state index in [0.29, 0.717) is 5.41 Å². The second kappa shape index (κ2) is 9.89. The third kappa shape index (κ3) is 7.40. The van der Waals surface area contributed by atoms with E-state index in [2.05, 4.69) is 75.3 Å². The fraction of sp³-hybridized carbons (Fsp3) is 0.550. The Balaban J connectivity index is 0. The smallest absolute Gasteiger partial charge is 0.418 e. The molecule has 0 fully saturated rings. The molecule has 0 N–H and O–H groups in total. The molecule has 0 spiro atoms. The molecule has 0 aliphatic heterocycles. The zero-order valence-corrected chi connectivity index (χ0v) is 18.6. The van der Waals surface area contributed by atoms with Crippen LogP contribution in [0, 0.1) is 33.1 Å². The molecule has 0 amide bonds. The summed E-state index contributed by atoms with van der Waals surface area (Å²) in [5.41, 5.74) is 12.1. The van der Waals surface area contributed by atoms with Crippen LogP contribution in [0.1, 0.15) is 63.8 Å². The van der Waals surface area contributed by atoms with Crippen molar-refractivity contribution in [1.29, 1.82) is 0 Å². The first-order valence-electron chi connectivity index (χ1n) is 8.45. The van der Waals surface area contributed by atoms with Crippen molar-refractivity contribution in [3.63, 3.8) is 0 Å². The van der Waals surface area contributed by atoms with E-state index in [1.54, 1.807) is 0 Å². The van der Waals surface area contributed by atoms with Crippen molar-refractivity contribution >= 4 is 7.25 Å². The number of hydrogen-bond donors (Lipinski definition) is 0. The average Bonchev–Trinajstić information content (AvgIpc) is 2.75. The minimum Gasteiger partial charge on any atom is -0.418 e. The van der Waals surface area contributed by atoms with Crippen molar-refractivity contribution < 1.29 is 34.3 Å². The summed E-state index contributed by atoms with van der Waals surface area (Å²) >= 11 is 0. The number of allylic oxidation sites excluding steroid dienone is 4. The van der Waals surface area contributed by atoms with Gasteiger partial charge in [-0.3, -0.25) is 0 Å². The van der Waals surface area contributed by atoms with Crippen LogP contribution in [0.4, 0.5) is 17.3 Å². The molecule has 1 aliphatic rings. The molecule has 1 aromatic rings. The zero-order chi connectivity index (χ0) is 20.3. The molecular formula is C20H31BF4Fe. The number of rotatable bonds is 0. The van der Waals surface area contributed by atoms with Crippen molar-refractivity contribution in [3.8, 4) is 0 Å². The Hall–Kier alpha value is -0.866. The maximum Gasteiger partial charge on any atom is 2.00 e. The molecule has 1 aromatic carbocycles. The molecule has 26 heavy (non-hydrogen) atoms. The first kappa shape index (κ1) is 27.4. The summed E-state index contributed by atoms with van der Waals surface area (Å²) in [6.45, 7) is 22.2. The van der Waals surface area contributed by atoms with Crippen molar-refractivity contribution in [2.75, 3.05) is 0 Å². The molecule has 0 nitrogen and oxygen atoms in total. The summed E-state index contributed by atoms with van der Waals surface area (Å²) in [5.74, 6) is 0. The van der Waals surface area contributed by atoms with Crippen LogP contribution in [-0.4, -0.2) is 7.25 Å². The monoisotopic (exact) mass is 414 g/mol. The van der Waals surface area contributed by atoms with E-state index in [0.717, 1.165) is 0 Å². The van der Waals surface area contributed by atoms with Crippen molar-refractivity contribution in [3.05, 3.63) is 50.6 Å². The molecule has 0 atom stereocenters. The van der Waals surface area contributed by atoms with E-state index in [4.69, 9.17) is 0 Å². The summed E-state index contributed by atoms with van der Waals surface area (Å²) in [6, 6.07) is 2.24.